The van der Waals surface area contributed by atoms with Crippen molar-refractivity contribution in [3.05, 3.63) is 54.0 Å². The number of rotatable bonds is 5. The standard InChI is InChI=1S/C16H19NO2/c1-2-17-14(11-13-7-5-9-18-13)16-10-12-6-3-4-8-15(12)19-16/h3-9,14,16-17H,2,10-11H2,1H3. The Bertz CT molecular complexity index is 496. The molecule has 1 aromatic heterocycles. The summed E-state index contributed by atoms with van der Waals surface area (Å²) in [5.74, 6) is 2.03. The second kappa shape index (κ2) is 5.49. The van der Waals surface area contributed by atoms with Gasteiger partial charge in [0.2, 0.25) is 0 Å². The third-order valence-corrected chi connectivity index (χ3v) is 3.59. The molecule has 0 bridgehead atoms. The molecule has 1 aliphatic rings. The van der Waals surface area contributed by atoms with Crippen molar-refractivity contribution in [1.82, 2.24) is 5.32 Å². The molecule has 0 saturated carbocycles. The van der Waals surface area contributed by atoms with E-state index in [9.17, 15) is 0 Å². The fourth-order valence-electron chi connectivity index (χ4n) is 2.68. The number of benzene rings is 1. The highest BCUT2D eigenvalue weighted by Gasteiger charge is 2.30. The minimum absolute atomic E-state index is 0.183. The molecule has 1 aromatic carbocycles. The molecule has 0 spiro atoms. The first-order valence-electron chi connectivity index (χ1n) is 6.87. The summed E-state index contributed by atoms with van der Waals surface area (Å²) >= 11 is 0. The average Bonchev–Trinajstić information content (AvgIpc) is 3.06. The van der Waals surface area contributed by atoms with E-state index in [1.807, 2.05) is 24.3 Å². The Hall–Kier alpha value is -1.74. The maximum Gasteiger partial charge on any atom is 0.123 e. The minimum atomic E-state index is 0.183. The lowest BCUT2D eigenvalue weighted by Gasteiger charge is -2.23. The van der Waals surface area contributed by atoms with Crippen LogP contribution in [-0.4, -0.2) is 18.7 Å². The number of hydrogen-bond acceptors (Lipinski definition) is 3. The van der Waals surface area contributed by atoms with Gasteiger partial charge >= 0.3 is 0 Å². The normalized spacial score (nSPS) is 18.9. The maximum absolute atomic E-state index is 6.07. The molecule has 2 heterocycles. The van der Waals surface area contributed by atoms with E-state index in [4.69, 9.17) is 9.15 Å². The lowest BCUT2D eigenvalue weighted by Crippen LogP contribution is -2.43. The molecular formula is C16H19NO2. The second-order valence-corrected chi connectivity index (χ2v) is 4.92. The molecule has 19 heavy (non-hydrogen) atoms. The van der Waals surface area contributed by atoms with E-state index < -0.39 is 0 Å². The molecule has 0 fully saturated rings. The maximum atomic E-state index is 6.07. The number of ether oxygens (including phenoxy) is 1. The molecule has 0 aliphatic carbocycles. The largest absolute Gasteiger partial charge is 0.488 e. The first kappa shape index (κ1) is 12.3. The van der Waals surface area contributed by atoms with Crippen LogP contribution in [0.2, 0.25) is 0 Å². The quantitative estimate of drug-likeness (QED) is 0.894. The average molecular weight is 257 g/mol. The summed E-state index contributed by atoms with van der Waals surface area (Å²) in [5, 5.41) is 3.51. The van der Waals surface area contributed by atoms with Gasteiger partial charge in [-0.15, -0.1) is 0 Å². The molecule has 3 rings (SSSR count). The third kappa shape index (κ3) is 2.66. The van der Waals surface area contributed by atoms with Gasteiger partial charge in [-0.25, -0.2) is 0 Å². The molecule has 0 saturated heterocycles. The predicted molar refractivity (Wildman–Crippen MR) is 74.4 cm³/mol. The van der Waals surface area contributed by atoms with Gasteiger partial charge in [0, 0.05) is 12.8 Å². The molecule has 1 aliphatic heterocycles. The van der Waals surface area contributed by atoms with Crippen molar-refractivity contribution in [1.29, 1.82) is 0 Å². The van der Waals surface area contributed by atoms with Gasteiger partial charge in [0.1, 0.15) is 17.6 Å². The van der Waals surface area contributed by atoms with Gasteiger partial charge in [-0.2, -0.15) is 0 Å². The highest BCUT2D eigenvalue weighted by Crippen LogP contribution is 2.30. The van der Waals surface area contributed by atoms with Crippen LogP contribution in [0.4, 0.5) is 0 Å². The Morgan fingerprint density at radius 1 is 1.26 bits per heavy atom. The Kier molecular flexibility index (Phi) is 3.56. The highest BCUT2D eigenvalue weighted by molar-refractivity contribution is 5.37. The number of furan rings is 1. The molecule has 3 nitrogen and oxygen atoms in total. The summed E-state index contributed by atoms with van der Waals surface area (Å²) in [4.78, 5) is 0. The van der Waals surface area contributed by atoms with E-state index in [1.165, 1.54) is 5.56 Å². The van der Waals surface area contributed by atoms with Crippen molar-refractivity contribution in [2.75, 3.05) is 6.54 Å². The van der Waals surface area contributed by atoms with E-state index in [2.05, 4.69) is 24.4 Å². The van der Waals surface area contributed by atoms with E-state index in [0.29, 0.717) is 0 Å². The first-order valence-corrected chi connectivity index (χ1v) is 6.87. The highest BCUT2D eigenvalue weighted by atomic mass is 16.5. The zero-order chi connectivity index (χ0) is 13.1. The van der Waals surface area contributed by atoms with E-state index >= 15 is 0 Å². The van der Waals surface area contributed by atoms with Crippen LogP contribution in [-0.2, 0) is 12.8 Å². The monoisotopic (exact) mass is 257 g/mol. The van der Waals surface area contributed by atoms with Crippen molar-refractivity contribution in [3.8, 4) is 5.75 Å². The van der Waals surface area contributed by atoms with Gasteiger partial charge in [0.15, 0.2) is 0 Å². The zero-order valence-electron chi connectivity index (χ0n) is 11.1. The third-order valence-electron chi connectivity index (χ3n) is 3.59. The van der Waals surface area contributed by atoms with E-state index in [-0.39, 0.29) is 12.1 Å². The summed E-state index contributed by atoms with van der Waals surface area (Å²) in [6.45, 7) is 3.05. The van der Waals surface area contributed by atoms with Gasteiger partial charge in [-0.1, -0.05) is 25.1 Å². The van der Waals surface area contributed by atoms with Crippen LogP contribution in [0.3, 0.4) is 0 Å². The Balaban J connectivity index is 1.72. The molecule has 0 amide bonds. The lowest BCUT2D eigenvalue weighted by atomic mass is 10.0. The van der Waals surface area contributed by atoms with Crippen LogP contribution in [0.1, 0.15) is 18.2 Å². The first-order chi connectivity index (χ1) is 9.36. The molecule has 2 atom stereocenters. The summed E-state index contributed by atoms with van der Waals surface area (Å²) in [6, 6.07) is 12.5. The summed E-state index contributed by atoms with van der Waals surface area (Å²) in [6.07, 6.45) is 3.74. The van der Waals surface area contributed by atoms with Crippen LogP contribution in [0.25, 0.3) is 0 Å². The fraction of sp³-hybridized carbons (Fsp3) is 0.375. The van der Waals surface area contributed by atoms with Crippen molar-refractivity contribution < 1.29 is 9.15 Å². The molecule has 1 N–H and O–H groups in total. The van der Waals surface area contributed by atoms with Gasteiger partial charge in [-0.05, 0) is 30.3 Å². The molecule has 3 heteroatoms. The van der Waals surface area contributed by atoms with E-state index in [1.54, 1.807) is 6.26 Å². The SMILES string of the molecule is CCNC(Cc1ccco1)C1Cc2ccccc2O1. The molecule has 2 unspecified atom stereocenters. The molecule has 0 radical (unpaired) electrons. The van der Waals surface area contributed by atoms with Crippen molar-refractivity contribution >= 4 is 0 Å². The molecule has 100 valence electrons. The number of fused-ring (bicyclic) bond motifs is 1. The molecule has 2 aromatic rings. The summed E-state index contributed by atoms with van der Waals surface area (Å²) in [7, 11) is 0. The molecular weight excluding hydrogens is 238 g/mol. The van der Waals surface area contributed by atoms with Crippen LogP contribution >= 0.6 is 0 Å². The van der Waals surface area contributed by atoms with Crippen LogP contribution < -0.4 is 10.1 Å². The number of hydrogen-bond donors (Lipinski definition) is 1. The van der Waals surface area contributed by atoms with Crippen LogP contribution in [0.5, 0.6) is 5.75 Å². The summed E-state index contributed by atoms with van der Waals surface area (Å²) < 4.78 is 11.5. The fourth-order valence-corrected chi connectivity index (χ4v) is 2.68. The van der Waals surface area contributed by atoms with E-state index in [0.717, 1.165) is 30.9 Å². The minimum Gasteiger partial charge on any atom is -0.488 e. The lowest BCUT2D eigenvalue weighted by molar-refractivity contribution is 0.174. The van der Waals surface area contributed by atoms with Crippen molar-refractivity contribution in [3.63, 3.8) is 0 Å². The number of likely N-dealkylation sites (N-methyl/N-ethyl adjacent to an activating group) is 1. The zero-order valence-corrected chi connectivity index (χ0v) is 11.1. The number of nitrogens with one attached hydrogen (secondary N) is 1. The second-order valence-electron chi connectivity index (χ2n) is 4.92. The predicted octanol–water partition coefficient (Wildman–Crippen LogP) is 2.80. The van der Waals surface area contributed by atoms with Crippen molar-refractivity contribution in [2.24, 2.45) is 0 Å². The van der Waals surface area contributed by atoms with Gasteiger partial charge in [0.05, 0.1) is 12.3 Å². The van der Waals surface area contributed by atoms with Gasteiger partial charge in [0.25, 0.3) is 0 Å². The van der Waals surface area contributed by atoms with Crippen molar-refractivity contribution in [2.45, 2.75) is 31.9 Å². The van der Waals surface area contributed by atoms with Gasteiger partial charge in [-0.3, -0.25) is 0 Å². The topological polar surface area (TPSA) is 34.4 Å². The summed E-state index contributed by atoms with van der Waals surface area (Å²) in [5.41, 5.74) is 1.30. The number of para-hydroxylation sites is 1. The van der Waals surface area contributed by atoms with Gasteiger partial charge < -0.3 is 14.5 Å². The smallest absolute Gasteiger partial charge is 0.123 e. The Labute approximate surface area is 113 Å². The Morgan fingerprint density at radius 3 is 2.89 bits per heavy atom. The van der Waals surface area contributed by atoms with Crippen LogP contribution in [0, 0.1) is 0 Å². The van der Waals surface area contributed by atoms with Crippen LogP contribution in [0.15, 0.2) is 47.1 Å². The Morgan fingerprint density at radius 2 is 2.16 bits per heavy atom.